The molecule has 0 radical (unpaired) electrons. The van der Waals surface area contributed by atoms with Gasteiger partial charge in [-0.05, 0) is 53.1 Å². The van der Waals surface area contributed by atoms with Gasteiger partial charge in [0.15, 0.2) is 5.82 Å². The van der Waals surface area contributed by atoms with E-state index in [0.29, 0.717) is 23.6 Å². The summed E-state index contributed by atoms with van der Waals surface area (Å²) in [6.07, 6.45) is -2.66. The quantitative estimate of drug-likeness (QED) is 0.573. The van der Waals surface area contributed by atoms with Gasteiger partial charge in [0, 0.05) is 6.42 Å². The third-order valence-corrected chi connectivity index (χ3v) is 3.93. The van der Waals surface area contributed by atoms with Gasteiger partial charge >= 0.3 is 6.36 Å². The third kappa shape index (κ3) is 4.90. The number of hydrogen-bond acceptors (Lipinski definition) is 5. The third-order valence-electron chi connectivity index (χ3n) is 3.93. The van der Waals surface area contributed by atoms with E-state index in [-0.39, 0.29) is 11.7 Å². The molecule has 1 aromatic heterocycles. The monoisotopic (exact) mass is 376 g/mol. The molecule has 1 heterocycles. The highest BCUT2D eigenvalue weighted by Gasteiger charge is 2.31. The van der Waals surface area contributed by atoms with E-state index in [1.165, 1.54) is 35.3 Å². The van der Waals surface area contributed by atoms with Crippen LogP contribution in [0.2, 0.25) is 0 Å². The number of halogens is 3. The Hall–Kier alpha value is -3.23. The fourth-order valence-corrected chi connectivity index (χ4v) is 2.57. The van der Waals surface area contributed by atoms with Crippen molar-refractivity contribution in [1.29, 1.82) is 0 Å². The summed E-state index contributed by atoms with van der Waals surface area (Å²) in [5, 5.41) is 7.23. The van der Waals surface area contributed by atoms with E-state index in [1.54, 1.807) is 12.1 Å². The van der Waals surface area contributed by atoms with Crippen LogP contribution in [0, 0.1) is 4.91 Å². The summed E-state index contributed by atoms with van der Waals surface area (Å²) in [7, 11) is 0. The average Bonchev–Trinajstić information content (AvgIpc) is 3.09. The molecule has 1 unspecified atom stereocenters. The summed E-state index contributed by atoms with van der Waals surface area (Å²) >= 11 is 0. The first-order valence-corrected chi connectivity index (χ1v) is 8.04. The molecule has 3 aromatic rings. The van der Waals surface area contributed by atoms with E-state index >= 15 is 0 Å². The fourth-order valence-electron chi connectivity index (χ4n) is 2.57. The molecule has 0 aliphatic carbocycles. The van der Waals surface area contributed by atoms with E-state index in [2.05, 4.69) is 20.0 Å². The van der Waals surface area contributed by atoms with Crippen molar-refractivity contribution in [2.24, 2.45) is 5.18 Å². The first kappa shape index (κ1) is 18.6. The normalized spacial score (nSPS) is 12.6. The zero-order valence-electron chi connectivity index (χ0n) is 14.2. The lowest BCUT2D eigenvalue weighted by molar-refractivity contribution is -0.274. The molecule has 0 aliphatic rings. The molecule has 0 bridgehead atoms. The van der Waals surface area contributed by atoms with Gasteiger partial charge in [-0.15, -0.1) is 18.1 Å². The molecular formula is C18H15F3N4O2. The highest BCUT2D eigenvalue weighted by Crippen LogP contribution is 2.24. The number of nitrogens with zero attached hydrogens (tertiary/aromatic N) is 4. The van der Waals surface area contributed by atoms with Crippen LogP contribution >= 0.6 is 0 Å². The summed E-state index contributed by atoms with van der Waals surface area (Å²) in [6.45, 7) is 2.01. The van der Waals surface area contributed by atoms with Crippen LogP contribution in [0.1, 0.15) is 24.2 Å². The first-order valence-electron chi connectivity index (χ1n) is 8.04. The van der Waals surface area contributed by atoms with Crippen molar-refractivity contribution in [3.8, 4) is 11.4 Å². The van der Waals surface area contributed by atoms with Crippen molar-refractivity contribution >= 4 is 5.69 Å². The van der Waals surface area contributed by atoms with E-state index in [9.17, 15) is 18.1 Å². The molecule has 6 nitrogen and oxygen atoms in total. The van der Waals surface area contributed by atoms with Crippen molar-refractivity contribution in [3.05, 3.63) is 71.2 Å². The lowest BCUT2D eigenvalue weighted by Gasteiger charge is -2.10. The summed E-state index contributed by atoms with van der Waals surface area (Å²) < 4.78 is 41.9. The predicted molar refractivity (Wildman–Crippen MR) is 92.1 cm³/mol. The molecule has 140 valence electrons. The summed E-state index contributed by atoms with van der Waals surface area (Å²) in [5.74, 6) is 0.410. The molecule has 1 atom stereocenters. The van der Waals surface area contributed by atoms with Gasteiger partial charge in [0.25, 0.3) is 0 Å². The maximum Gasteiger partial charge on any atom is 0.573 e. The molecule has 3 rings (SSSR count). The number of aromatic nitrogens is 3. The second-order valence-electron chi connectivity index (χ2n) is 5.94. The van der Waals surface area contributed by atoms with Gasteiger partial charge in [-0.3, -0.25) is 0 Å². The highest BCUT2D eigenvalue weighted by atomic mass is 19.4. The van der Waals surface area contributed by atoms with Gasteiger partial charge in [-0.1, -0.05) is 19.1 Å². The lowest BCUT2D eigenvalue weighted by Crippen LogP contribution is -2.17. The number of rotatable bonds is 6. The lowest BCUT2D eigenvalue weighted by atomic mass is 9.97. The molecule has 0 spiro atoms. The molecular weight excluding hydrogens is 361 g/mol. The number of ether oxygens (including phenoxy) is 1. The Morgan fingerprint density at radius 1 is 1.11 bits per heavy atom. The van der Waals surface area contributed by atoms with Crippen LogP contribution in [0.15, 0.2) is 60.0 Å². The molecule has 27 heavy (non-hydrogen) atoms. The van der Waals surface area contributed by atoms with Crippen LogP contribution in [0.3, 0.4) is 0 Å². The standard InChI is InChI=1S/C18H15F3N4O2/c1-12(13-2-4-14(24-26)5-3-13)10-17-22-11-25(23-17)15-6-8-16(9-7-15)27-18(19,20)21/h2-9,11-12H,10H2,1H3. The second-order valence-corrected chi connectivity index (χ2v) is 5.94. The van der Waals surface area contributed by atoms with Crippen LogP contribution in [-0.2, 0) is 6.42 Å². The zero-order chi connectivity index (χ0) is 19.4. The maximum absolute atomic E-state index is 12.2. The Labute approximate surface area is 152 Å². The number of benzene rings is 2. The van der Waals surface area contributed by atoms with Crippen LogP contribution in [-0.4, -0.2) is 21.1 Å². The Kier molecular flexibility index (Phi) is 5.20. The Bertz CT molecular complexity index is 906. The largest absolute Gasteiger partial charge is 0.573 e. The molecule has 0 N–H and O–H groups in total. The number of nitroso groups, excluding NO2 is 1. The van der Waals surface area contributed by atoms with Gasteiger partial charge in [-0.25, -0.2) is 9.67 Å². The Morgan fingerprint density at radius 2 is 1.78 bits per heavy atom. The first-order chi connectivity index (χ1) is 12.8. The number of alkyl halides is 3. The molecule has 0 amide bonds. The number of hydrogen-bond donors (Lipinski definition) is 0. The van der Waals surface area contributed by atoms with Crippen LogP contribution < -0.4 is 4.74 Å². The van der Waals surface area contributed by atoms with Gasteiger partial charge in [0.2, 0.25) is 0 Å². The van der Waals surface area contributed by atoms with Gasteiger partial charge in [0.05, 0.1) is 5.69 Å². The van der Waals surface area contributed by atoms with Crippen LogP contribution in [0.4, 0.5) is 18.9 Å². The minimum absolute atomic E-state index is 0.115. The van der Waals surface area contributed by atoms with E-state index in [4.69, 9.17) is 0 Å². The summed E-state index contributed by atoms with van der Waals surface area (Å²) in [6, 6.07) is 12.3. The van der Waals surface area contributed by atoms with Crippen molar-refractivity contribution in [3.63, 3.8) is 0 Å². The van der Waals surface area contributed by atoms with Crippen LogP contribution in [0.25, 0.3) is 5.69 Å². The molecule has 0 saturated carbocycles. The summed E-state index contributed by atoms with van der Waals surface area (Å²) in [4.78, 5) is 14.7. The van der Waals surface area contributed by atoms with Crippen molar-refractivity contribution in [1.82, 2.24) is 14.8 Å². The molecule has 2 aromatic carbocycles. The molecule has 0 saturated heterocycles. The van der Waals surface area contributed by atoms with Gasteiger partial charge in [-0.2, -0.15) is 5.10 Å². The predicted octanol–water partition coefficient (Wildman–Crippen LogP) is 4.91. The molecule has 9 heteroatoms. The second kappa shape index (κ2) is 7.56. The van der Waals surface area contributed by atoms with E-state index in [1.807, 2.05) is 19.1 Å². The van der Waals surface area contributed by atoms with Crippen molar-refractivity contribution in [2.45, 2.75) is 25.6 Å². The van der Waals surface area contributed by atoms with Crippen LogP contribution in [0.5, 0.6) is 5.75 Å². The minimum atomic E-state index is -4.72. The van der Waals surface area contributed by atoms with E-state index in [0.717, 1.165) is 5.56 Å². The van der Waals surface area contributed by atoms with Gasteiger partial charge < -0.3 is 4.74 Å². The fraction of sp³-hybridized carbons (Fsp3) is 0.222. The summed E-state index contributed by atoms with van der Waals surface area (Å²) in [5.41, 5.74) is 1.95. The maximum atomic E-state index is 12.2. The highest BCUT2D eigenvalue weighted by molar-refractivity contribution is 5.39. The van der Waals surface area contributed by atoms with E-state index < -0.39 is 6.36 Å². The average molecular weight is 376 g/mol. The SMILES string of the molecule is CC(Cc1ncn(-c2ccc(OC(F)(F)F)cc2)n1)c1ccc(N=O)cc1. The molecule has 0 aliphatic heterocycles. The Morgan fingerprint density at radius 3 is 2.37 bits per heavy atom. The minimum Gasteiger partial charge on any atom is -0.406 e. The smallest absolute Gasteiger partial charge is 0.406 e. The van der Waals surface area contributed by atoms with Gasteiger partial charge in [0.1, 0.15) is 17.8 Å². The van der Waals surface area contributed by atoms with Crippen molar-refractivity contribution < 1.29 is 17.9 Å². The Balaban J connectivity index is 1.67. The topological polar surface area (TPSA) is 69.4 Å². The zero-order valence-corrected chi connectivity index (χ0v) is 14.2. The van der Waals surface area contributed by atoms with Crippen molar-refractivity contribution in [2.75, 3.05) is 0 Å². The molecule has 0 fully saturated rings.